The molecule has 0 aromatic rings. The lowest BCUT2D eigenvalue weighted by Gasteiger charge is -1.99. The Morgan fingerprint density at radius 1 is 1.70 bits per heavy atom. The average Bonchev–Trinajstić information content (AvgIpc) is 1.87. The zero-order valence-electron chi connectivity index (χ0n) is 5.85. The summed E-state index contributed by atoms with van der Waals surface area (Å²) in [5.74, 6) is -0.913. The highest BCUT2D eigenvalue weighted by atomic mass is 35.5. The lowest BCUT2D eigenvalue weighted by Crippen LogP contribution is -2.05. The standard InChI is InChI=1S/C6H9ClO3/c1-3-10-6(9)5(7)4(2)8/h8H,3H2,1-2H3/b5-4+. The van der Waals surface area contributed by atoms with Crippen LogP contribution >= 0.6 is 11.6 Å². The fourth-order valence-corrected chi connectivity index (χ4v) is 0.397. The second-order valence-electron chi connectivity index (χ2n) is 1.62. The molecular weight excluding hydrogens is 156 g/mol. The highest BCUT2D eigenvalue weighted by Gasteiger charge is 2.09. The van der Waals surface area contributed by atoms with Crippen molar-refractivity contribution < 1.29 is 14.6 Å². The summed E-state index contributed by atoms with van der Waals surface area (Å²) >= 11 is 5.30. The molecule has 0 bridgehead atoms. The smallest absolute Gasteiger partial charge is 0.353 e. The summed E-state index contributed by atoms with van der Waals surface area (Å²) in [4.78, 5) is 10.6. The Morgan fingerprint density at radius 2 is 2.20 bits per heavy atom. The van der Waals surface area contributed by atoms with Gasteiger partial charge >= 0.3 is 5.97 Å². The fourth-order valence-electron chi connectivity index (χ4n) is 0.342. The summed E-state index contributed by atoms with van der Waals surface area (Å²) in [6.07, 6.45) is 0. The van der Waals surface area contributed by atoms with Gasteiger partial charge in [0.2, 0.25) is 0 Å². The number of aliphatic hydroxyl groups is 1. The lowest BCUT2D eigenvalue weighted by molar-refractivity contribution is -0.137. The Kier molecular flexibility index (Phi) is 3.88. The van der Waals surface area contributed by atoms with Crippen molar-refractivity contribution in [2.75, 3.05) is 6.61 Å². The molecule has 0 saturated heterocycles. The number of aliphatic hydroxyl groups excluding tert-OH is 1. The van der Waals surface area contributed by atoms with Crippen LogP contribution in [0.1, 0.15) is 13.8 Å². The topological polar surface area (TPSA) is 46.5 Å². The number of hydrogen-bond donors (Lipinski definition) is 1. The molecule has 0 rings (SSSR count). The molecule has 0 spiro atoms. The number of esters is 1. The maximum absolute atomic E-state index is 10.6. The molecule has 0 unspecified atom stereocenters. The largest absolute Gasteiger partial charge is 0.511 e. The zero-order valence-corrected chi connectivity index (χ0v) is 6.60. The molecule has 3 nitrogen and oxygen atoms in total. The Bertz CT molecular complexity index is 158. The van der Waals surface area contributed by atoms with E-state index < -0.39 is 5.97 Å². The number of rotatable bonds is 2. The van der Waals surface area contributed by atoms with E-state index in [2.05, 4.69) is 4.74 Å². The zero-order chi connectivity index (χ0) is 8.15. The monoisotopic (exact) mass is 164 g/mol. The third-order valence-corrected chi connectivity index (χ3v) is 1.20. The molecular formula is C6H9ClO3. The molecule has 0 aromatic carbocycles. The van der Waals surface area contributed by atoms with E-state index in [1.54, 1.807) is 6.92 Å². The van der Waals surface area contributed by atoms with Crippen LogP contribution in [0.2, 0.25) is 0 Å². The molecule has 0 aromatic heterocycles. The van der Waals surface area contributed by atoms with Gasteiger partial charge in [0.05, 0.1) is 6.61 Å². The summed E-state index contributed by atoms with van der Waals surface area (Å²) in [6.45, 7) is 3.23. The van der Waals surface area contributed by atoms with Crippen LogP contribution in [0.5, 0.6) is 0 Å². The molecule has 1 N–H and O–H groups in total. The van der Waals surface area contributed by atoms with E-state index >= 15 is 0 Å². The van der Waals surface area contributed by atoms with Crippen molar-refractivity contribution >= 4 is 17.6 Å². The quantitative estimate of drug-likeness (QED) is 0.383. The number of allylic oxidation sites excluding steroid dienone is 1. The van der Waals surface area contributed by atoms with E-state index in [1.807, 2.05) is 0 Å². The van der Waals surface area contributed by atoms with Crippen molar-refractivity contribution in [1.82, 2.24) is 0 Å². The Morgan fingerprint density at radius 3 is 2.50 bits per heavy atom. The molecule has 0 amide bonds. The van der Waals surface area contributed by atoms with Crippen molar-refractivity contribution in [2.45, 2.75) is 13.8 Å². The van der Waals surface area contributed by atoms with Crippen LogP contribution < -0.4 is 0 Å². The van der Waals surface area contributed by atoms with Crippen LogP contribution in [0.3, 0.4) is 0 Å². The molecule has 4 heteroatoms. The van der Waals surface area contributed by atoms with Crippen LogP contribution in [-0.4, -0.2) is 17.7 Å². The van der Waals surface area contributed by atoms with Crippen LogP contribution in [0.25, 0.3) is 0 Å². The van der Waals surface area contributed by atoms with E-state index in [0.717, 1.165) is 0 Å². The molecule has 0 aliphatic carbocycles. The van der Waals surface area contributed by atoms with Gasteiger partial charge in [-0.2, -0.15) is 0 Å². The normalized spacial score (nSPS) is 12.3. The number of ether oxygens (including phenoxy) is 1. The molecule has 58 valence electrons. The first kappa shape index (κ1) is 9.30. The Labute approximate surface area is 64.2 Å². The van der Waals surface area contributed by atoms with Crippen LogP contribution in [0.15, 0.2) is 10.8 Å². The van der Waals surface area contributed by atoms with Crippen LogP contribution in [0.4, 0.5) is 0 Å². The van der Waals surface area contributed by atoms with Crippen molar-refractivity contribution in [3.63, 3.8) is 0 Å². The number of carbonyl (C=O) groups is 1. The third-order valence-electron chi connectivity index (χ3n) is 0.772. The SMILES string of the molecule is CCOC(=O)/C(Cl)=C(/C)O. The third kappa shape index (κ3) is 2.73. The molecule has 0 saturated carbocycles. The van der Waals surface area contributed by atoms with Gasteiger partial charge in [-0.3, -0.25) is 0 Å². The predicted octanol–water partition coefficient (Wildman–Crippen LogP) is 1.58. The van der Waals surface area contributed by atoms with Crippen molar-refractivity contribution in [2.24, 2.45) is 0 Å². The lowest BCUT2D eigenvalue weighted by atomic mass is 10.5. The highest BCUT2D eigenvalue weighted by Crippen LogP contribution is 2.07. The minimum Gasteiger partial charge on any atom is -0.511 e. The van der Waals surface area contributed by atoms with Gasteiger partial charge in [0.25, 0.3) is 0 Å². The maximum Gasteiger partial charge on any atom is 0.353 e. The van der Waals surface area contributed by atoms with E-state index in [1.165, 1.54) is 6.92 Å². The summed E-state index contributed by atoms with van der Waals surface area (Å²) in [6, 6.07) is 0. The summed E-state index contributed by atoms with van der Waals surface area (Å²) < 4.78 is 4.48. The van der Waals surface area contributed by atoms with Gasteiger partial charge in [-0.25, -0.2) is 4.79 Å². The number of hydrogen-bond acceptors (Lipinski definition) is 3. The van der Waals surface area contributed by atoms with Gasteiger partial charge in [0, 0.05) is 0 Å². The van der Waals surface area contributed by atoms with E-state index in [-0.39, 0.29) is 17.4 Å². The summed E-state index contributed by atoms with van der Waals surface area (Å²) in [5, 5.41) is 8.40. The molecule has 0 atom stereocenters. The minimum atomic E-state index is -0.691. The molecule has 0 aliphatic rings. The first-order valence-electron chi connectivity index (χ1n) is 2.82. The number of carbonyl (C=O) groups excluding carboxylic acids is 1. The second-order valence-corrected chi connectivity index (χ2v) is 2.00. The minimum absolute atomic E-state index is 0.222. The van der Waals surface area contributed by atoms with E-state index in [0.29, 0.717) is 0 Å². The summed E-state index contributed by atoms with van der Waals surface area (Å²) in [5.41, 5.74) is 0. The highest BCUT2D eigenvalue weighted by molar-refractivity contribution is 6.41. The molecule has 0 radical (unpaired) electrons. The molecule has 10 heavy (non-hydrogen) atoms. The van der Waals surface area contributed by atoms with Gasteiger partial charge in [-0.05, 0) is 13.8 Å². The van der Waals surface area contributed by atoms with E-state index in [4.69, 9.17) is 16.7 Å². The van der Waals surface area contributed by atoms with Crippen molar-refractivity contribution in [3.8, 4) is 0 Å². The first-order chi connectivity index (χ1) is 4.59. The summed E-state index contributed by atoms with van der Waals surface area (Å²) in [7, 11) is 0. The van der Waals surface area contributed by atoms with Gasteiger partial charge in [0.15, 0.2) is 5.03 Å². The van der Waals surface area contributed by atoms with Gasteiger partial charge < -0.3 is 9.84 Å². The van der Waals surface area contributed by atoms with Gasteiger partial charge in [-0.15, -0.1) is 0 Å². The van der Waals surface area contributed by atoms with Gasteiger partial charge in [-0.1, -0.05) is 11.6 Å². The number of halogens is 1. The Hall–Kier alpha value is -0.700. The molecule has 0 aliphatic heterocycles. The first-order valence-corrected chi connectivity index (χ1v) is 3.19. The van der Waals surface area contributed by atoms with Crippen LogP contribution in [-0.2, 0) is 9.53 Å². The van der Waals surface area contributed by atoms with Gasteiger partial charge in [0.1, 0.15) is 5.76 Å². The molecule has 0 heterocycles. The molecule has 0 fully saturated rings. The second kappa shape index (κ2) is 4.17. The maximum atomic E-state index is 10.6. The van der Waals surface area contributed by atoms with Crippen LogP contribution in [0, 0.1) is 0 Å². The Balaban J connectivity index is 4.09. The average molecular weight is 165 g/mol. The predicted molar refractivity (Wildman–Crippen MR) is 37.8 cm³/mol. The fraction of sp³-hybridized carbons (Fsp3) is 0.500. The van der Waals surface area contributed by atoms with Crippen molar-refractivity contribution in [3.05, 3.63) is 10.8 Å². The van der Waals surface area contributed by atoms with E-state index in [9.17, 15) is 4.79 Å². The van der Waals surface area contributed by atoms with Crippen molar-refractivity contribution in [1.29, 1.82) is 0 Å².